The summed E-state index contributed by atoms with van der Waals surface area (Å²) in [4.78, 5) is 27.1. The van der Waals surface area contributed by atoms with E-state index in [1.165, 1.54) is 0 Å². The molecule has 0 aliphatic heterocycles. The van der Waals surface area contributed by atoms with E-state index in [0.29, 0.717) is 16.8 Å². The van der Waals surface area contributed by atoms with E-state index in [2.05, 4.69) is 10.2 Å². The molecule has 1 atom stereocenters. The molecule has 1 unspecified atom stereocenters. The third-order valence-electron chi connectivity index (χ3n) is 5.12. The molecule has 0 fully saturated rings. The predicted molar refractivity (Wildman–Crippen MR) is 115 cm³/mol. The summed E-state index contributed by atoms with van der Waals surface area (Å²) >= 11 is 0. The topological polar surface area (TPSA) is 58.9 Å². The lowest BCUT2D eigenvalue weighted by Gasteiger charge is -2.20. The zero-order valence-electron chi connectivity index (χ0n) is 16.0. The average Bonchev–Trinajstić information content (AvgIpc) is 3.06. The van der Waals surface area contributed by atoms with Gasteiger partial charge in [-0.05, 0) is 18.1 Å². The summed E-state index contributed by atoms with van der Waals surface area (Å²) in [6.45, 7) is 1.75. The first-order valence-electron chi connectivity index (χ1n) is 9.55. The van der Waals surface area contributed by atoms with Crippen LogP contribution in [0.25, 0.3) is 0 Å². The minimum Gasteiger partial charge on any atom is -0.297 e. The summed E-state index contributed by atoms with van der Waals surface area (Å²) in [6.07, 6.45) is 1.55. The predicted octanol–water partition coefficient (Wildman–Crippen LogP) is 4.70. The molecule has 3 aromatic carbocycles. The molecule has 0 heterocycles. The molecule has 0 radical (unpaired) electrons. The maximum absolute atomic E-state index is 13.8. The van der Waals surface area contributed by atoms with Crippen LogP contribution in [0, 0.1) is 5.92 Å². The van der Waals surface area contributed by atoms with Gasteiger partial charge in [0.05, 0.1) is 11.6 Å². The molecular formula is C25H20N2O2. The van der Waals surface area contributed by atoms with Crippen molar-refractivity contribution in [2.24, 2.45) is 16.1 Å². The van der Waals surface area contributed by atoms with Crippen molar-refractivity contribution >= 4 is 23.5 Å². The van der Waals surface area contributed by atoms with E-state index in [-0.39, 0.29) is 11.6 Å². The SMILES string of the molecule is C/C=N/N=C1\c2ccccc2C(=O)C1C(=O)C(c1ccccc1)c1ccccc1. The molecule has 0 amide bonds. The number of nitrogens with zero attached hydrogens (tertiary/aromatic N) is 2. The maximum atomic E-state index is 13.8. The van der Waals surface area contributed by atoms with Crippen molar-refractivity contribution < 1.29 is 9.59 Å². The van der Waals surface area contributed by atoms with Gasteiger partial charge >= 0.3 is 0 Å². The van der Waals surface area contributed by atoms with Gasteiger partial charge in [0, 0.05) is 17.3 Å². The van der Waals surface area contributed by atoms with Gasteiger partial charge in [-0.1, -0.05) is 84.9 Å². The monoisotopic (exact) mass is 380 g/mol. The molecule has 142 valence electrons. The molecule has 1 aliphatic carbocycles. The highest BCUT2D eigenvalue weighted by molar-refractivity contribution is 6.38. The van der Waals surface area contributed by atoms with Gasteiger partial charge < -0.3 is 0 Å². The lowest BCUT2D eigenvalue weighted by atomic mass is 9.80. The van der Waals surface area contributed by atoms with Crippen LogP contribution in [0.4, 0.5) is 0 Å². The van der Waals surface area contributed by atoms with E-state index in [0.717, 1.165) is 11.1 Å². The molecule has 29 heavy (non-hydrogen) atoms. The van der Waals surface area contributed by atoms with Gasteiger partial charge in [0.1, 0.15) is 5.92 Å². The van der Waals surface area contributed by atoms with Crippen LogP contribution >= 0.6 is 0 Å². The van der Waals surface area contributed by atoms with Crippen LogP contribution in [0.2, 0.25) is 0 Å². The summed E-state index contributed by atoms with van der Waals surface area (Å²) in [5, 5.41) is 8.23. The van der Waals surface area contributed by atoms with Crippen molar-refractivity contribution in [1.29, 1.82) is 0 Å². The van der Waals surface area contributed by atoms with E-state index in [9.17, 15) is 9.59 Å². The van der Waals surface area contributed by atoms with Crippen LogP contribution in [-0.4, -0.2) is 23.5 Å². The molecule has 3 aromatic rings. The minimum absolute atomic E-state index is 0.186. The van der Waals surface area contributed by atoms with Gasteiger partial charge in [0.15, 0.2) is 11.6 Å². The zero-order valence-corrected chi connectivity index (χ0v) is 16.0. The third kappa shape index (κ3) is 3.45. The number of ketones is 2. The summed E-state index contributed by atoms with van der Waals surface area (Å²) in [7, 11) is 0. The first kappa shape index (κ1) is 18.7. The van der Waals surface area contributed by atoms with Gasteiger partial charge in [-0.2, -0.15) is 10.2 Å². The van der Waals surface area contributed by atoms with Crippen molar-refractivity contribution in [1.82, 2.24) is 0 Å². The van der Waals surface area contributed by atoms with Crippen LogP contribution in [0.15, 0.2) is 95.1 Å². The number of hydrogen-bond donors (Lipinski definition) is 0. The lowest BCUT2D eigenvalue weighted by Crippen LogP contribution is -2.31. The first-order chi connectivity index (χ1) is 14.2. The maximum Gasteiger partial charge on any atom is 0.180 e. The largest absolute Gasteiger partial charge is 0.297 e. The van der Waals surface area contributed by atoms with Gasteiger partial charge in [-0.3, -0.25) is 9.59 Å². The Labute approximate surface area is 169 Å². The molecule has 0 saturated carbocycles. The lowest BCUT2D eigenvalue weighted by molar-refractivity contribution is -0.120. The van der Waals surface area contributed by atoms with Gasteiger partial charge in [0.25, 0.3) is 0 Å². The number of carbonyl (C=O) groups excluding carboxylic acids is 2. The second-order valence-corrected chi connectivity index (χ2v) is 6.86. The number of fused-ring (bicyclic) bond motifs is 1. The highest BCUT2D eigenvalue weighted by atomic mass is 16.2. The third-order valence-corrected chi connectivity index (χ3v) is 5.12. The Bertz CT molecular complexity index is 1060. The van der Waals surface area contributed by atoms with Crippen molar-refractivity contribution in [2.45, 2.75) is 12.8 Å². The zero-order chi connectivity index (χ0) is 20.2. The summed E-state index contributed by atoms with van der Waals surface area (Å²) in [5.41, 5.74) is 3.33. The van der Waals surface area contributed by atoms with Gasteiger partial charge in [-0.15, -0.1) is 0 Å². The molecule has 4 nitrogen and oxygen atoms in total. The standard InChI is InChI=1S/C25H20N2O2/c1-2-26-27-23-19-15-9-10-16-20(19)24(28)22(23)25(29)21(17-11-5-3-6-12-17)18-13-7-4-8-14-18/h2-16,21-22H,1H3/b26-2+,27-23+. The molecule has 0 spiro atoms. The normalized spacial score (nSPS) is 17.2. The molecule has 0 saturated heterocycles. The highest BCUT2D eigenvalue weighted by Gasteiger charge is 2.44. The fourth-order valence-corrected chi connectivity index (χ4v) is 3.83. The van der Waals surface area contributed by atoms with Crippen LogP contribution in [0.3, 0.4) is 0 Å². The van der Waals surface area contributed by atoms with Crippen LogP contribution in [0.1, 0.15) is 39.9 Å². The van der Waals surface area contributed by atoms with Gasteiger partial charge in [0.2, 0.25) is 0 Å². The fraction of sp³-hybridized carbons (Fsp3) is 0.120. The summed E-state index contributed by atoms with van der Waals surface area (Å²) in [5.74, 6) is -1.93. The Hall–Kier alpha value is -3.66. The number of benzene rings is 3. The quantitative estimate of drug-likeness (QED) is 0.366. The second kappa shape index (κ2) is 8.15. The molecule has 0 bridgehead atoms. The van der Waals surface area contributed by atoms with Crippen molar-refractivity contribution in [2.75, 3.05) is 0 Å². The van der Waals surface area contributed by atoms with E-state index in [4.69, 9.17) is 0 Å². The molecule has 1 aliphatic rings. The Kier molecular flexibility index (Phi) is 5.25. The smallest absolute Gasteiger partial charge is 0.180 e. The molecular weight excluding hydrogens is 360 g/mol. The number of Topliss-reactive ketones (excluding diaryl/α,β-unsaturated/α-hetero) is 2. The van der Waals surface area contributed by atoms with Crippen LogP contribution < -0.4 is 0 Å². The number of rotatable bonds is 5. The number of carbonyl (C=O) groups is 2. The van der Waals surface area contributed by atoms with Crippen molar-refractivity contribution in [3.8, 4) is 0 Å². The Balaban J connectivity index is 1.85. The summed E-state index contributed by atoms with van der Waals surface area (Å²) < 4.78 is 0. The van der Waals surface area contributed by atoms with E-state index >= 15 is 0 Å². The number of hydrogen-bond acceptors (Lipinski definition) is 4. The minimum atomic E-state index is -0.971. The van der Waals surface area contributed by atoms with Crippen molar-refractivity contribution in [3.63, 3.8) is 0 Å². The highest BCUT2D eigenvalue weighted by Crippen LogP contribution is 2.35. The van der Waals surface area contributed by atoms with E-state index < -0.39 is 11.8 Å². The van der Waals surface area contributed by atoms with Crippen LogP contribution in [-0.2, 0) is 4.79 Å². The average molecular weight is 380 g/mol. The molecule has 0 aromatic heterocycles. The summed E-state index contributed by atoms with van der Waals surface area (Å²) in [6, 6.07) is 26.3. The molecule has 4 heteroatoms. The second-order valence-electron chi connectivity index (χ2n) is 6.86. The fourth-order valence-electron chi connectivity index (χ4n) is 3.83. The van der Waals surface area contributed by atoms with Crippen LogP contribution in [0.5, 0.6) is 0 Å². The Morgan fingerprint density at radius 3 is 1.90 bits per heavy atom. The Morgan fingerprint density at radius 2 is 1.34 bits per heavy atom. The van der Waals surface area contributed by atoms with Gasteiger partial charge in [-0.25, -0.2) is 0 Å². The first-order valence-corrected chi connectivity index (χ1v) is 9.55. The van der Waals surface area contributed by atoms with E-state index in [1.54, 1.807) is 25.3 Å². The van der Waals surface area contributed by atoms with E-state index in [1.807, 2.05) is 72.8 Å². The molecule has 0 N–H and O–H groups in total. The Morgan fingerprint density at radius 1 is 0.828 bits per heavy atom. The molecule has 4 rings (SSSR count). The van der Waals surface area contributed by atoms with Crippen molar-refractivity contribution in [3.05, 3.63) is 107 Å².